The molecule has 3 aromatic rings. The van der Waals surface area contributed by atoms with Crippen LogP contribution in [0, 0.1) is 6.92 Å². The zero-order valence-corrected chi connectivity index (χ0v) is 14.1. The van der Waals surface area contributed by atoms with Gasteiger partial charge in [-0.15, -0.1) is 11.8 Å². The van der Waals surface area contributed by atoms with Crippen LogP contribution in [0.3, 0.4) is 0 Å². The fraction of sp³-hybridized carbons (Fsp3) is 0.158. The van der Waals surface area contributed by atoms with Crippen molar-refractivity contribution in [1.29, 1.82) is 0 Å². The number of carbonyl (C=O) groups excluding carboxylic acids is 2. The molecule has 122 valence electrons. The van der Waals surface area contributed by atoms with E-state index < -0.39 is 5.97 Å². The van der Waals surface area contributed by atoms with Gasteiger partial charge in [0.15, 0.2) is 6.61 Å². The van der Waals surface area contributed by atoms with E-state index in [-0.39, 0.29) is 18.1 Å². The number of aromatic nitrogens is 1. The van der Waals surface area contributed by atoms with Crippen LogP contribution in [-0.4, -0.2) is 29.1 Å². The molecule has 2 aromatic carbocycles. The highest BCUT2D eigenvalue weighted by Gasteiger charge is 2.14. The topological polar surface area (TPSA) is 59.2 Å². The SMILES string of the molecule is Cc1ccccc1SCC(=O)OCC(=O)c1c[nH]c2ccccc12. The van der Waals surface area contributed by atoms with Crippen LogP contribution in [-0.2, 0) is 9.53 Å². The summed E-state index contributed by atoms with van der Waals surface area (Å²) in [6.45, 7) is 1.75. The van der Waals surface area contributed by atoms with Crippen molar-refractivity contribution in [2.45, 2.75) is 11.8 Å². The molecule has 0 unspecified atom stereocenters. The maximum atomic E-state index is 12.2. The molecule has 24 heavy (non-hydrogen) atoms. The molecule has 0 aliphatic rings. The predicted molar refractivity (Wildman–Crippen MR) is 95.5 cm³/mol. The highest BCUT2D eigenvalue weighted by molar-refractivity contribution is 8.00. The highest BCUT2D eigenvalue weighted by Crippen LogP contribution is 2.22. The molecule has 0 saturated carbocycles. The van der Waals surface area contributed by atoms with Gasteiger partial charge in [-0.1, -0.05) is 36.4 Å². The first-order valence-corrected chi connectivity index (χ1v) is 8.57. The van der Waals surface area contributed by atoms with E-state index in [4.69, 9.17) is 4.74 Å². The minimum Gasteiger partial charge on any atom is -0.457 e. The van der Waals surface area contributed by atoms with Gasteiger partial charge in [0.05, 0.1) is 5.75 Å². The van der Waals surface area contributed by atoms with Crippen molar-refractivity contribution in [3.05, 3.63) is 65.9 Å². The standard InChI is InChI=1S/C19H17NO3S/c1-13-6-2-5-9-18(13)24-12-19(22)23-11-17(21)15-10-20-16-8-4-3-7-14(15)16/h2-10,20H,11-12H2,1H3. The first-order chi connectivity index (χ1) is 11.6. The molecule has 5 heteroatoms. The summed E-state index contributed by atoms with van der Waals surface area (Å²) in [7, 11) is 0. The van der Waals surface area contributed by atoms with Crippen LogP contribution < -0.4 is 0 Å². The van der Waals surface area contributed by atoms with Crippen LogP contribution >= 0.6 is 11.8 Å². The van der Waals surface area contributed by atoms with Crippen molar-refractivity contribution in [1.82, 2.24) is 4.98 Å². The van der Waals surface area contributed by atoms with Crippen molar-refractivity contribution in [2.24, 2.45) is 0 Å². The number of ether oxygens (including phenoxy) is 1. The number of esters is 1. The number of H-pyrrole nitrogens is 1. The second-order valence-electron chi connectivity index (χ2n) is 5.39. The number of benzene rings is 2. The van der Waals surface area contributed by atoms with E-state index in [1.165, 1.54) is 11.8 Å². The van der Waals surface area contributed by atoms with Crippen molar-refractivity contribution >= 4 is 34.4 Å². The molecule has 0 fully saturated rings. The first-order valence-electron chi connectivity index (χ1n) is 7.58. The van der Waals surface area contributed by atoms with E-state index in [1.54, 1.807) is 6.20 Å². The lowest BCUT2D eigenvalue weighted by Gasteiger charge is -2.06. The first kappa shape index (κ1) is 16.3. The normalized spacial score (nSPS) is 10.7. The zero-order chi connectivity index (χ0) is 16.9. The average molecular weight is 339 g/mol. The summed E-state index contributed by atoms with van der Waals surface area (Å²) in [5, 5.41) is 0.841. The maximum absolute atomic E-state index is 12.2. The number of fused-ring (bicyclic) bond motifs is 1. The van der Waals surface area contributed by atoms with Gasteiger partial charge in [-0.2, -0.15) is 0 Å². The van der Waals surface area contributed by atoms with E-state index in [1.807, 2.05) is 55.5 Å². The minimum absolute atomic E-state index is 0.187. The van der Waals surface area contributed by atoms with Crippen molar-refractivity contribution in [2.75, 3.05) is 12.4 Å². The van der Waals surface area contributed by atoms with Crippen LogP contribution in [0.1, 0.15) is 15.9 Å². The second kappa shape index (κ2) is 7.36. The molecule has 0 radical (unpaired) electrons. The van der Waals surface area contributed by atoms with Gasteiger partial charge in [0.25, 0.3) is 0 Å². The number of para-hydroxylation sites is 1. The maximum Gasteiger partial charge on any atom is 0.316 e. The minimum atomic E-state index is -0.392. The van der Waals surface area contributed by atoms with Crippen LogP contribution in [0.5, 0.6) is 0 Å². The molecule has 0 aliphatic carbocycles. The Morgan fingerprint density at radius 2 is 1.83 bits per heavy atom. The van der Waals surface area contributed by atoms with Crippen molar-refractivity contribution in [3.63, 3.8) is 0 Å². The quantitative estimate of drug-likeness (QED) is 0.419. The molecule has 0 amide bonds. The highest BCUT2D eigenvalue weighted by atomic mass is 32.2. The van der Waals surface area contributed by atoms with Gasteiger partial charge in [0.2, 0.25) is 5.78 Å². The number of nitrogens with one attached hydrogen (secondary N) is 1. The van der Waals surface area contributed by atoms with Gasteiger partial charge in [-0.05, 0) is 24.6 Å². The third-order valence-corrected chi connectivity index (χ3v) is 4.84. The number of thioether (sulfide) groups is 1. The Labute approximate surface area is 144 Å². The number of ketones is 1. The molecule has 1 aromatic heterocycles. The number of carbonyl (C=O) groups is 2. The van der Waals surface area contributed by atoms with Crippen molar-refractivity contribution in [3.8, 4) is 0 Å². The monoisotopic (exact) mass is 339 g/mol. The Morgan fingerprint density at radius 1 is 1.08 bits per heavy atom. The van der Waals surface area contributed by atoms with Gasteiger partial charge in [-0.25, -0.2) is 0 Å². The Kier molecular flexibility index (Phi) is 5.01. The molecular weight excluding hydrogens is 322 g/mol. The Balaban J connectivity index is 1.54. The lowest BCUT2D eigenvalue weighted by molar-refractivity contribution is -0.139. The Morgan fingerprint density at radius 3 is 2.67 bits per heavy atom. The van der Waals surface area contributed by atoms with E-state index in [2.05, 4.69) is 4.98 Å². The molecular formula is C19H17NO3S. The molecule has 0 saturated heterocycles. The zero-order valence-electron chi connectivity index (χ0n) is 13.2. The van der Waals surface area contributed by atoms with Gasteiger partial charge >= 0.3 is 5.97 Å². The molecule has 0 bridgehead atoms. The summed E-state index contributed by atoms with van der Waals surface area (Å²) in [5.41, 5.74) is 2.55. The van der Waals surface area contributed by atoms with Gasteiger partial charge in [0.1, 0.15) is 0 Å². The fourth-order valence-electron chi connectivity index (χ4n) is 2.42. The average Bonchev–Trinajstić information content (AvgIpc) is 3.03. The molecule has 0 atom stereocenters. The molecule has 0 spiro atoms. The summed E-state index contributed by atoms with van der Waals surface area (Å²) in [6, 6.07) is 15.4. The van der Waals surface area contributed by atoms with Crippen LogP contribution in [0.15, 0.2) is 59.6 Å². The van der Waals surface area contributed by atoms with Crippen molar-refractivity contribution < 1.29 is 14.3 Å². The predicted octanol–water partition coefficient (Wildman–Crippen LogP) is 3.99. The van der Waals surface area contributed by atoms with Gasteiger partial charge in [0, 0.05) is 27.6 Å². The molecule has 1 heterocycles. The number of hydrogen-bond donors (Lipinski definition) is 1. The number of aromatic amines is 1. The third kappa shape index (κ3) is 3.68. The Bertz CT molecular complexity index is 885. The second-order valence-corrected chi connectivity index (χ2v) is 6.40. The number of Topliss-reactive ketones (excluding diaryl/α,β-unsaturated/α-hetero) is 1. The molecule has 1 N–H and O–H groups in total. The lowest BCUT2D eigenvalue weighted by atomic mass is 10.1. The van der Waals surface area contributed by atoms with Crippen LogP contribution in [0.25, 0.3) is 10.9 Å². The Hall–Kier alpha value is -2.53. The summed E-state index contributed by atoms with van der Waals surface area (Å²) in [6.07, 6.45) is 1.66. The third-order valence-electron chi connectivity index (χ3n) is 3.69. The largest absolute Gasteiger partial charge is 0.457 e. The van der Waals surface area contributed by atoms with E-state index in [9.17, 15) is 9.59 Å². The number of aryl methyl sites for hydroxylation is 1. The van der Waals surface area contributed by atoms with E-state index in [0.717, 1.165) is 21.4 Å². The summed E-state index contributed by atoms with van der Waals surface area (Å²) >= 11 is 1.41. The molecule has 0 aliphatic heterocycles. The number of hydrogen-bond acceptors (Lipinski definition) is 4. The van der Waals surface area contributed by atoms with E-state index in [0.29, 0.717) is 5.56 Å². The fourth-order valence-corrected chi connectivity index (χ4v) is 3.25. The number of rotatable bonds is 6. The van der Waals surface area contributed by atoms with Gasteiger partial charge < -0.3 is 9.72 Å². The lowest BCUT2D eigenvalue weighted by Crippen LogP contribution is -2.15. The van der Waals surface area contributed by atoms with Gasteiger partial charge in [-0.3, -0.25) is 9.59 Å². The smallest absolute Gasteiger partial charge is 0.316 e. The van der Waals surface area contributed by atoms with E-state index >= 15 is 0 Å². The summed E-state index contributed by atoms with van der Waals surface area (Å²) in [5.74, 6) is -0.412. The van der Waals surface area contributed by atoms with Crippen LogP contribution in [0.2, 0.25) is 0 Å². The summed E-state index contributed by atoms with van der Waals surface area (Å²) in [4.78, 5) is 28.2. The van der Waals surface area contributed by atoms with Crippen LogP contribution in [0.4, 0.5) is 0 Å². The summed E-state index contributed by atoms with van der Waals surface area (Å²) < 4.78 is 5.11. The molecule has 3 rings (SSSR count). The molecule has 4 nitrogen and oxygen atoms in total.